The number of carbonyl (C=O) groups excluding carboxylic acids is 2. The molecule has 13 heteroatoms. The summed E-state index contributed by atoms with van der Waals surface area (Å²) in [4.78, 5) is 43.8. The van der Waals surface area contributed by atoms with Gasteiger partial charge in [0.1, 0.15) is 18.2 Å². The number of hydrogen-bond acceptors (Lipinski definition) is 10. The summed E-state index contributed by atoms with van der Waals surface area (Å²) in [5.74, 6) is 0.778. The zero-order chi connectivity index (χ0) is 39.6. The number of benzene rings is 4. The van der Waals surface area contributed by atoms with Crippen molar-refractivity contribution in [2.45, 2.75) is 28.6 Å². The first-order valence-corrected chi connectivity index (χ1v) is 20.6. The summed E-state index contributed by atoms with van der Waals surface area (Å²) in [6.07, 6.45) is 2.25. The quantitative estimate of drug-likeness (QED) is 0.0628. The highest BCUT2D eigenvalue weighted by Gasteiger charge is 2.25. The Morgan fingerprint density at radius 2 is 1.68 bits per heavy atom. The molecule has 11 nitrogen and oxygen atoms in total. The van der Waals surface area contributed by atoms with Crippen LogP contribution in [-0.4, -0.2) is 117 Å². The minimum absolute atomic E-state index is 0.0432. The van der Waals surface area contributed by atoms with E-state index in [1.165, 1.54) is 15.4 Å². The van der Waals surface area contributed by atoms with Gasteiger partial charge in [-0.2, -0.15) is 0 Å². The molecular weight excluding hydrogens is 760 g/mol. The summed E-state index contributed by atoms with van der Waals surface area (Å²) in [7, 11) is 4.06. The second-order valence-electron chi connectivity index (χ2n) is 14.4. The Balaban J connectivity index is 0.841. The number of halogens is 1. The van der Waals surface area contributed by atoms with E-state index in [1.54, 1.807) is 23.9 Å². The number of nitrogens with one attached hydrogen (secondary N) is 2. The van der Waals surface area contributed by atoms with Crippen molar-refractivity contribution in [2.24, 2.45) is 4.99 Å². The van der Waals surface area contributed by atoms with Crippen LogP contribution in [-0.2, 0) is 20.7 Å². The van der Waals surface area contributed by atoms with Gasteiger partial charge >= 0.3 is 12.1 Å². The molecule has 0 bridgehead atoms. The van der Waals surface area contributed by atoms with E-state index in [9.17, 15) is 9.59 Å². The summed E-state index contributed by atoms with van der Waals surface area (Å²) in [6.45, 7) is 6.31. The molecule has 0 radical (unpaired) electrons. The van der Waals surface area contributed by atoms with Crippen LogP contribution in [0.3, 0.4) is 0 Å². The van der Waals surface area contributed by atoms with Crippen LogP contribution < -0.4 is 10.1 Å². The number of carbonyl (C=O) groups is 2. The molecule has 1 atom stereocenters. The lowest BCUT2D eigenvalue weighted by atomic mass is 9.95. The molecule has 4 aromatic carbocycles. The van der Waals surface area contributed by atoms with Crippen LogP contribution in [0.5, 0.6) is 5.75 Å². The molecule has 0 aliphatic carbocycles. The first-order valence-electron chi connectivity index (χ1n) is 19.4. The number of rotatable bonds is 15. The van der Waals surface area contributed by atoms with Crippen molar-refractivity contribution in [1.29, 1.82) is 0 Å². The summed E-state index contributed by atoms with van der Waals surface area (Å²) >= 11 is 7.93. The number of fused-ring (bicyclic) bond motifs is 3. The van der Waals surface area contributed by atoms with Gasteiger partial charge in [-0.1, -0.05) is 71.9 Å². The van der Waals surface area contributed by atoms with Gasteiger partial charge in [-0.3, -0.25) is 9.69 Å². The number of amidine groups is 1. The Morgan fingerprint density at radius 1 is 0.912 bits per heavy atom. The molecule has 7 rings (SSSR count). The predicted molar refractivity (Wildman–Crippen MR) is 226 cm³/mol. The lowest BCUT2D eigenvalue weighted by Gasteiger charge is -2.36. The maximum absolute atomic E-state index is 13.4. The number of nitrogens with zero attached hydrogens (tertiary/aromatic N) is 4. The zero-order valence-electron chi connectivity index (χ0n) is 32.4. The van der Waals surface area contributed by atoms with Crippen LogP contribution in [0.2, 0.25) is 5.02 Å². The predicted octanol–water partition coefficient (Wildman–Crippen LogP) is 7.61. The van der Waals surface area contributed by atoms with Crippen molar-refractivity contribution in [1.82, 2.24) is 25.0 Å². The summed E-state index contributed by atoms with van der Waals surface area (Å²) in [5.41, 5.74) is 5.03. The Hall–Kier alpha value is -4.85. The van der Waals surface area contributed by atoms with Gasteiger partial charge < -0.3 is 34.3 Å². The van der Waals surface area contributed by atoms with Gasteiger partial charge in [-0.15, -0.1) is 0 Å². The molecule has 1 aromatic heterocycles. The van der Waals surface area contributed by atoms with Crippen molar-refractivity contribution < 1.29 is 23.8 Å². The fourth-order valence-corrected chi connectivity index (χ4v) is 8.24. The molecule has 5 aromatic rings. The SMILES string of the molecule is CN(C)CCc1c[nH]c2cccc(OC(=O)CC(CNC(=O)OCCOCCN3CCN(C4=Nc5ccccc5Sc5ccccc54)CC3)c3ccc(Cl)cc3)c12. The fraction of sp³-hybridized carbons (Fsp3) is 0.341. The Labute approximate surface area is 343 Å². The minimum atomic E-state index is -0.575. The normalized spacial score (nSPS) is 14.7. The molecule has 57 heavy (non-hydrogen) atoms. The molecule has 1 saturated heterocycles. The second kappa shape index (κ2) is 19.5. The number of alkyl carbamates (subject to hydrolysis) is 1. The zero-order valence-corrected chi connectivity index (χ0v) is 34.0. The molecule has 1 unspecified atom stereocenters. The van der Waals surface area contributed by atoms with Crippen molar-refractivity contribution >= 4 is 57.9 Å². The van der Waals surface area contributed by atoms with E-state index in [2.05, 4.69) is 67.5 Å². The third-order valence-electron chi connectivity index (χ3n) is 10.2. The molecule has 1 amide bonds. The lowest BCUT2D eigenvalue weighted by molar-refractivity contribution is -0.134. The fourth-order valence-electron chi connectivity index (χ4n) is 7.09. The van der Waals surface area contributed by atoms with E-state index in [0.29, 0.717) is 17.4 Å². The third kappa shape index (κ3) is 10.8. The highest BCUT2D eigenvalue weighted by atomic mass is 35.5. The van der Waals surface area contributed by atoms with Gasteiger partial charge in [0, 0.05) is 89.2 Å². The summed E-state index contributed by atoms with van der Waals surface area (Å²) in [6, 6.07) is 29.7. The Kier molecular flexibility index (Phi) is 13.8. The van der Waals surface area contributed by atoms with Crippen molar-refractivity contribution in [2.75, 3.05) is 79.7 Å². The van der Waals surface area contributed by atoms with Gasteiger partial charge in [0.15, 0.2) is 0 Å². The standard InChI is InChI=1S/C44H49ClN6O5S/c1-49(2)19-18-32-29-46-37-10-7-11-38(42(32)37)56-41(52)28-33(31-14-16-34(45)17-15-31)30-47-44(53)55-27-26-54-25-24-50-20-22-51(23-21-50)43-35-8-3-5-12-39(35)57-40-13-6-4-9-36(40)48-43/h3-17,29,33,46H,18-28,30H2,1-2H3,(H,47,53). The molecule has 1 fully saturated rings. The van der Waals surface area contributed by atoms with E-state index in [1.807, 2.05) is 56.7 Å². The lowest BCUT2D eigenvalue weighted by Crippen LogP contribution is -2.49. The molecule has 0 spiro atoms. The number of aromatic nitrogens is 1. The van der Waals surface area contributed by atoms with E-state index in [4.69, 9.17) is 30.8 Å². The van der Waals surface area contributed by atoms with E-state index in [-0.39, 0.29) is 32.1 Å². The van der Waals surface area contributed by atoms with Crippen LogP contribution in [0.25, 0.3) is 10.9 Å². The van der Waals surface area contributed by atoms with Crippen LogP contribution >= 0.6 is 23.4 Å². The van der Waals surface area contributed by atoms with Gasteiger partial charge in [-0.25, -0.2) is 9.79 Å². The van der Waals surface area contributed by atoms with Crippen molar-refractivity contribution in [3.05, 3.63) is 119 Å². The number of para-hydroxylation sites is 1. The number of ether oxygens (including phenoxy) is 3. The van der Waals surface area contributed by atoms with Crippen molar-refractivity contribution in [3.8, 4) is 5.75 Å². The number of hydrogen-bond donors (Lipinski definition) is 2. The number of piperazine rings is 1. The van der Waals surface area contributed by atoms with Gasteiger partial charge in [0.25, 0.3) is 0 Å². The van der Waals surface area contributed by atoms with E-state index in [0.717, 1.165) is 79.2 Å². The minimum Gasteiger partial charge on any atom is -0.447 e. The molecule has 2 aliphatic rings. The third-order valence-corrected chi connectivity index (χ3v) is 11.6. The van der Waals surface area contributed by atoms with Gasteiger partial charge in [-0.05, 0) is 74.1 Å². The van der Waals surface area contributed by atoms with E-state index >= 15 is 0 Å². The highest BCUT2D eigenvalue weighted by Crippen LogP contribution is 2.40. The van der Waals surface area contributed by atoms with Crippen LogP contribution in [0.1, 0.15) is 29.0 Å². The van der Waals surface area contributed by atoms with Crippen LogP contribution in [0.15, 0.2) is 112 Å². The van der Waals surface area contributed by atoms with Gasteiger partial charge in [0.2, 0.25) is 0 Å². The maximum atomic E-state index is 13.4. The molecule has 0 saturated carbocycles. The number of aliphatic imine (C=N–C) groups is 1. The number of aromatic amines is 1. The highest BCUT2D eigenvalue weighted by molar-refractivity contribution is 7.99. The number of likely N-dealkylation sites (N-methyl/N-ethyl adjacent to an activating group) is 1. The summed E-state index contributed by atoms with van der Waals surface area (Å²) in [5, 5.41) is 4.31. The van der Waals surface area contributed by atoms with Crippen LogP contribution in [0.4, 0.5) is 10.5 Å². The monoisotopic (exact) mass is 808 g/mol. The second-order valence-corrected chi connectivity index (χ2v) is 16.0. The first kappa shape index (κ1) is 40.4. The number of amides is 1. The molecular formula is C44H49ClN6O5S. The van der Waals surface area contributed by atoms with Gasteiger partial charge in [0.05, 0.1) is 25.3 Å². The molecule has 298 valence electrons. The maximum Gasteiger partial charge on any atom is 0.407 e. The smallest absolute Gasteiger partial charge is 0.407 e. The van der Waals surface area contributed by atoms with Crippen LogP contribution in [0, 0.1) is 0 Å². The largest absolute Gasteiger partial charge is 0.447 e. The number of esters is 1. The van der Waals surface area contributed by atoms with E-state index < -0.39 is 12.1 Å². The average molecular weight is 809 g/mol. The Morgan fingerprint density at radius 3 is 2.49 bits per heavy atom. The Bertz CT molecular complexity index is 2170. The molecule has 2 N–H and O–H groups in total. The molecule has 3 heterocycles. The average Bonchev–Trinajstić information content (AvgIpc) is 3.56. The topological polar surface area (TPSA) is 112 Å². The first-order chi connectivity index (χ1) is 27.8. The number of H-pyrrole nitrogens is 1. The summed E-state index contributed by atoms with van der Waals surface area (Å²) < 4.78 is 17.2. The molecule has 2 aliphatic heterocycles. The van der Waals surface area contributed by atoms with Crippen molar-refractivity contribution in [3.63, 3.8) is 0 Å².